The Morgan fingerprint density at radius 3 is 2.76 bits per heavy atom. The summed E-state index contributed by atoms with van der Waals surface area (Å²) in [5, 5.41) is 1.94. The summed E-state index contributed by atoms with van der Waals surface area (Å²) in [6, 6.07) is 5.62. The van der Waals surface area contributed by atoms with Gasteiger partial charge in [-0.1, -0.05) is 0 Å². The minimum Gasteiger partial charge on any atom is -0.467 e. The standard InChI is InChI=1S/C13H15NO2S/c1-9-6-8-17-12(9)13(15)14(3)10(2)11-5-4-7-16-11/h4-8,10H,1-3H3. The van der Waals surface area contributed by atoms with Crippen molar-refractivity contribution in [2.75, 3.05) is 7.05 Å². The highest BCUT2D eigenvalue weighted by atomic mass is 32.1. The van der Waals surface area contributed by atoms with Crippen LogP contribution in [0.25, 0.3) is 0 Å². The number of hydrogen-bond donors (Lipinski definition) is 0. The maximum Gasteiger partial charge on any atom is 0.264 e. The molecule has 17 heavy (non-hydrogen) atoms. The summed E-state index contributed by atoms with van der Waals surface area (Å²) < 4.78 is 5.32. The molecule has 2 aromatic rings. The van der Waals surface area contributed by atoms with Crippen molar-refractivity contribution < 1.29 is 9.21 Å². The van der Waals surface area contributed by atoms with Gasteiger partial charge in [0.15, 0.2) is 0 Å². The van der Waals surface area contributed by atoms with E-state index in [4.69, 9.17) is 4.42 Å². The molecule has 1 amide bonds. The van der Waals surface area contributed by atoms with Crippen LogP contribution in [0.15, 0.2) is 34.3 Å². The molecule has 4 heteroatoms. The molecule has 1 unspecified atom stereocenters. The van der Waals surface area contributed by atoms with Crippen LogP contribution >= 0.6 is 11.3 Å². The number of amides is 1. The van der Waals surface area contributed by atoms with E-state index >= 15 is 0 Å². The quantitative estimate of drug-likeness (QED) is 0.834. The highest BCUT2D eigenvalue weighted by Crippen LogP contribution is 2.24. The molecule has 0 saturated heterocycles. The van der Waals surface area contributed by atoms with Gasteiger partial charge in [-0.05, 0) is 43.0 Å². The van der Waals surface area contributed by atoms with E-state index in [0.29, 0.717) is 0 Å². The molecule has 0 aliphatic heterocycles. The minimum absolute atomic E-state index is 0.0430. The van der Waals surface area contributed by atoms with Crippen LogP contribution in [-0.2, 0) is 0 Å². The molecule has 0 saturated carbocycles. The first kappa shape index (κ1) is 11.9. The molecule has 2 aromatic heterocycles. The van der Waals surface area contributed by atoms with Crippen LogP contribution in [0.1, 0.15) is 34.0 Å². The Kier molecular flexibility index (Phi) is 3.33. The first-order valence-electron chi connectivity index (χ1n) is 5.46. The summed E-state index contributed by atoms with van der Waals surface area (Å²) >= 11 is 1.48. The molecular formula is C13H15NO2S. The van der Waals surface area contributed by atoms with Crippen LogP contribution in [0.5, 0.6) is 0 Å². The lowest BCUT2D eigenvalue weighted by atomic mass is 10.2. The maximum atomic E-state index is 12.3. The summed E-state index contributed by atoms with van der Waals surface area (Å²) in [5.41, 5.74) is 1.03. The SMILES string of the molecule is Cc1ccsc1C(=O)N(C)C(C)c1ccco1. The van der Waals surface area contributed by atoms with Crippen LogP contribution in [0, 0.1) is 6.92 Å². The molecular weight excluding hydrogens is 234 g/mol. The van der Waals surface area contributed by atoms with Crippen molar-refractivity contribution in [3.8, 4) is 0 Å². The van der Waals surface area contributed by atoms with E-state index < -0.39 is 0 Å². The van der Waals surface area contributed by atoms with E-state index in [1.165, 1.54) is 11.3 Å². The Bertz CT molecular complexity index is 501. The lowest BCUT2D eigenvalue weighted by Crippen LogP contribution is -2.29. The lowest BCUT2D eigenvalue weighted by molar-refractivity contribution is 0.0730. The zero-order valence-electron chi connectivity index (χ0n) is 10.1. The van der Waals surface area contributed by atoms with Crippen LogP contribution in [0.2, 0.25) is 0 Å². The molecule has 0 bridgehead atoms. The van der Waals surface area contributed by atoms with Crippen molar-refractivity contribution in [1.29, 1.82) is 0 Å². The number of furan rings is 1. The number of nitrogens with zero attached hydrogens (tertiary/aromatic N) is 1. The van der Waals surface area contributed by atoms with E-state index in [1.807, 2.05) is 37.4 Å². The van der Waals surface area contributed by atoms with E-state index in [1.54, 1.807) is 18.2 Å². The fraction of sp³-hybridized carbons (Fsp3) is 0.308. The van der Waals surface area contributed by atoms with Crippen molar-refractivity contribution in [3.05, 3.63) is 46.0 Å². The third-order valence-corrected chi connectivity index (χ3v) is 3.92. The van der Waals surface area contributed by atoms with Crippen LogP contribution < -0.4 is 0 Å². The highest BCUT2D eigenvalue weighted by Gasteiger charge is 2.22. The minimum atomic E-state index is -0.0565. The molecule has 0 aliphatic rings. The first-order chi connectivity index (χ1) is 8.11. The first-order valence-corrected chi connectivity index (χ1v) is 6.34. The average molecular weight is 249 g/mol. The van der Waals surface area contributed by atoms with Gasteiger partial charge in [-0.2, -0.15) is 0 Å². The second-order valence-electron chi connectivity index (χ2n) is 4.04. The Morgan fingerprint density at radius 1 is 1.47 bits per heavy atom. The molecule has 0 aromatic carbocycles. The van der Waals surface area contributed by atoms with Gasteiger partial charge in [0.05, 0.1) is 17.2 Å². The smallest absolute Gasteiger partial charge is 0.264 e. The Labute approximate surface area is 105 Å². The zero-order valence-corrected chi connectivity index (χ0v) is 11.0. The molecule has 0 radical (unpaired) electrons. The molecule has 2 heterocycles. The monoisotopic (exact) mass is 249 g/mol. The third kappa shape index (κ3) is 2.26. The average Bonchev–Trinajstić information content (AvgIpc) is 2.96. The number of hydrogen-bond acceptors (Lipinski definition) is 3. The number of thiophene rings is 1. The number of aryl methyl sites for hydroxylation is 1. The number of carbonyl (C=O) groups excluding carboxylic acids is 1. The molecule has 0 aliphatic carbocycles. The third-order valence-electron chi connectivity index (χ3n) is 2.91. The van der Waals surface area contributed by atoms with Crippen molar-refractivity contribution in [3.63, 3.8) is 0 Å². The van der Waals surface area contributed by atoms with E-state index in [2.05, 4.69) is 0 Å². The summed E-state index contributed by atoms with van der Waals surface area (Å²) in [6.07, 6.45) is 1.63. The number of carbonyl (C=O) groups is 1. The summed E-state index contributed by atoms with van der Waals surface area (Å²) in [6.45, 7) is 3.91. The van der Waals surface area contributed by atoms with Crippen molar-refractivity contribution >= 4 is 17.2 Å². The van der Waals surface area contributed by atoms with Gasteiger partial charge in [-0.25, -0.2) is 0 Å². The van der Waals surface area contributed by atoms with Crippen molar-refractivity contribution in [2.45, 2.75) is 19.9 Å². The van der Waals surface area contributed by atoms with E-state index in [9.17, 15) is 4.79 Å². The van der Waals surface area contributed by atoms with E-state index in [0.717, 1.165) is 16.2 Å². The Balaban J connectivity index is 2.18. The molecule has 90 valence electrons. The van der Waals surface area contributed by atoms with Gasteiger partial charge >= 0.3 is 0 Å². The maximum absolute atomic E-state index is 12.3. The van der Waals surface area contributed by atoms with Crippen molar-refractivity contribution in [2.24, 2.45) is 0 Å². The van der Waals surface area contributed by atoms with Gasteiger partial charge in [0, 0.05) is 7.05 Å². The Hall–Kier alpha value is -1.55. The summed E-state index contributed by atoms with van der Waals surface area (Å²) in [4.78, 5) is 14.8. The molecule has 3 nitrogen and oxygen atoms in total. The van der Waals surface area contributed by atoms with Crippen LogP contribution in [0.3, 0.4) is 0 Å². The lowest BCUT2D eigenvalue weighted by Gasteiger charge is -2.23. The van der Waals surface area contributed by atoms with Gasteiger partial charge in [0.2, 0.25) is 0 Å². The molecule has 0 spiro atoms. The normalized spacial score (nSPS) is 12.4. The Morgan fingerprint density at radius 2 is 2.24 bits per heavy atom. The fourth-order valence-corrected chi connectivity index (χ4v) is 2.55. The van der Waals surface area contributed by atoms with Gasteiger partial charge in [-0.15, -0.1) is 11.3 Å². The molecule has 0 fully saturated rings. The van der Waals surface area contributed by atoms with Crippen LogP contribution in [-0.4, -0.2) is 17.9 Å². The van der Waals surface area contributed by atoms with Gasteiger partial charge in [0.25, 0.3) is 5.91 Å². The zero-order chi connectivity index (χ0) is 12.4. The molecule has 2 rings (SSSR count). The molecule has 1 atom stereocenters. The van der Waals surface area contributed by atoms with Crippen molar-refractivity contribution in [1.82, 2.24) is 4.90 Å². The largest absolute Gasteiger partial charge is 0.467 e. The fourth-order valence-electron chi connectivity index (χ4n) is 1.65. The molecule has 0 N–H and O–H groups in total. The van der Waals surface area contributed by atoms with Crippen LogP contribution in [0.4, 0.5) is 0 Å². The predicted octanol–water partition coefficient (Wildman–Crippen LogP) is 3.48. The van der Waals surface area contributed by atoms with Gasteiger partial charge in [0.1, 0.15) is 5.76 Å². The second kappa shape index (κ2) is 4.75. The predicted molar refractivity (Wildman–Crippen MR) is 68.3 cm³/mol. The summed E-state index contributed by atoms with van der Waals surface area (Å²) in [7, 11) is 1.80. The topological polar surface area (TPSA) is 33.5 Å². The second-order valence-corrected chi connectivity index (χ2v) is 4.96. The summed E-state index contributed by atoms with van der Waals surface area (Å²) in [5.74, 6) is 0.844. The van der Waals surface area contributed by atoms with Gasteiger partial charge in [-0.3, -0.25) is 4.79 Å². The number of rotatable bonds is 3. The highest BCUT2D eigenvalue weighted by molar-refractivity contribution is 7.12. The van der Waals surface area contributed by atoms with Gasteiger partial charge < -0.3 is 9.32 Å². The van der Waals surface area contributed by atoms with E-state index in [-0.39, 0.29) is 11.9 Å².